The SMILES string of the molecule is C=CCOc1ccc(/C=C2\SC(N3CCC(Cc4ccccc4)CC3)=NC2=O)cc1. The van der Waals surface area contributed by atoms with Crippen LogP contribution in [0, 0.1) is 5.92 Å². The van der Waals surface area contributed by atoms with Gasteiger partial charge in [-0.3, -0.25) is 4.79 Å². The molecule has 0 N–H and O–H groups in total. The van der Waals surface area contributed by atoms with Gasteiger partial charge in [-0.2, -0.15) is 4.99 Å². The molecule has 0 radical (unpaired) electrons. The number of likely N-dealkylation sites (tertiary alicyclic amines) is 1. The summed E-state index contributed by atoms with van der Waals surface area (Å²) >= 11 is 1.49. The first-order chi connectivity index (χ1) is 14.7. The number of piperidine rings is 1. The number of hydrogen-bond donors (Lipinski definition) is 0. The van der Waals surface area contributed by atoms with E-state index in [9.17, 15) is 4.79 Å². The first kappa shape index (κ1) is 20.5. The number of carbonyl (C=O) groups excluding carboxylic acids is 1. The summed E-state index contributed by atoms with van der Waals surface area (Å²) in [4.78, 5) is 19.7. The fraction of sp³-hybridized carbons (Fsp3) is 0.280. The third-order valence-electron chi connectivity index (χ3n) is 5.41. The van der Waals surface area contributed by atoms with Gasteiger partial charge in [0.15, 0.2) is 5.17 Å². The number of thioether (sulfide) groups is 1. The Morgan fingerprint density at radius 3 is 2.53 bits per heavy atom. The summed E-state index contributed by atoms with van der Waals surface area (Å²) in [5.74, 6) is 1.34. The van der Waals surface area contributed by atoms with E-state index < -0.39 is 0 Å². The minimum Gasteiger partial charge on any atom is -0.490 e. The van der Waals surface area contributed by atoms with Gasteiger partial charge in [0, 0.05) is 13.1 Å². The van der Waals surface area contributed by atoms with Crippen LogP contribution in [0.2, 0.25) is 0 Å². The zero-order chi connectivity index (χ0) is 20.8. The van der Waals surface area contributed by atoms with Crippen molar-refractivity contribution < 1.29 is 9.53 Å². The smallest absolute Gasteiger partial charge is 0.286 e. The van der Waals surface area contributed by atoms with Gasteiger partial charge in [-0.15, -0.1) is 0 Å². The number of benzene rings is 2. The second-order valence-electron chi connectivity index (χ2n) is 7.60. The Bertz CT molecular complexity index is 943. The van der Waals surface area contributed by atoms with Crippen LogP contribution >= 0.6 is 11.8 Å². The van der Waals surface area contributed by atoms with Crippen molar-refractivity contribution in [3.63, 3.8) is 0 Å². The maximum absolute atomic E-state index is 12.4. The molecule has 0 aliphatic carbocycles. The van der Waals surface area contributed by atoms with Crippen LogP contribution < -0.4 is 4.74 Å². The molecule has 1 fully saturated rings. The van der Waals surface area contributed by atoms with Gasteiger partial charge in [-0.1, -0.05) is 55.1 Å². The van der Waals surface area contributed by atoms with E-state index in [2.05, 4.69) is 46.8 Å². The Morgan fingerprint density at radius 1 is 1.10 bits per heavy atom. The Balaban J connectivity index is 1.32. The fourth-order valence-corrected chi connectivity index (χ4v) is 4.74. The van der Waals surface area contributed by atoms with Crippen LogP contribution in [0.1, 0.15) is 24.0 Å². The predicted octanol–water partition coefficient (Wildman–Crippen LogP) is 5.18. The monoisotopic (exact) mass is 418 g/mol. The number of hydrogen-bond acceptors (Lipinski definition) is 4. The van der Waals surface area contributed by atoms with Gasteiger partial charge < -0.3 is 9.64 Å². The first-order valence-corrected chi connectivity index (χ1v) is 11.2. The molecule has 2 heterocycles. The van der Waals surface area contributed by atoms with Gasteiger partial charge in [-0.05, 0) is 66.3 Å². The molecule has 0 atom stereocenters. The predicted molar refractivity (Wildman–Crippen MR) is 125 cm³/mol. The molecule has 0 spiro atoms. The van der Waals surface area contributed by atoms with E-state index in [1.165, 1.54) is 17.3 Å². The van der Waals surface area contributed by atoms with Crippen molar-refractivity contribution in [2.45, 2.75) is 19.3 Å². The van der Waals surface area contributed by atoms with Crippen LogP contribution in [0.4, 0.5) is 0 Å². The number of amides is 1. The molecular formula is C25H26N2O2S. The lowest BCUT2D eigenvalue weighted by Gasteiger charge is -2.32. The molecule has 0 unspecified atom stereocenters. The maximum atomic E-state index is 12.4. The number of amidine groups is 1. The van der Waals surface area contributed by atoms with E-state index in [0.29, 0.717) is 17.4 Å². The van der Waals surface area contributed by atoms with Crippen molar-refractivity contribution in [3.8, 4) is 5.75 Å². The van der Waals surface area contributed by atoms with E-state index in [1.54, 1.807) is 6.08 Å². The Kier molecular flexibility index (Phi) is 6.70. The summed E-state index contributed by atoms with van der Waals surface area (Å²) in [5, 5.41) is 0.843. The van der Waals surface area contributed by atoms with E-state index in [1.807, 2.05) is 30.3 Å². The van der Waals surface area contributed by atoms with E-state index >= 15 is 0 Å². The van der Waals surface area contributed by atoms with Crippen LogP contribution in [0.5, 0.6) is 5.75 Å². The topological polar surface area (TPSA) is 41.9 Å². The number of nitrogens with zero attached hydrogens (tertiary/aromatic N) is 2. The van der Waals surface area contributed by atoms with Gasteiger partial charge in [-0.25, -0.2) is 0 Å². The fourth-order valence-electron chi connectivity index (χ4n) is 3.78. The van der Waals surface area contributed by atoms with Crippen molar-refractivity contribution in [2.24, 2.45) is 10.9 Å². The highest BCUT2D eigenvalue weighted by Crippen LogP contribution is 2.33. The van der Waals surface area contributed by atoms with Crippen LogP contribution in [0.25, 0.3) is 6.08 Å². The molecule has 2 aliphatic heterocycles. The van der Waals surface area contributed by atoms with Crippen molar-refractivity contribution in [3.05, 3.63) is 83.3 Å². The molecule has 30 heavy (non-hydrogen) atoms. The van der Waals surface area contributed by atoms with Gasteiger partial charge in [0.25, 0.3) is 5.91 Å². The molecule has 0 aromatic heterocycles. The van der Waals surface area contributed by atoms with Gasteiger partial charge in [0.1, 0.15) is 12.4 Å². The Morgan fingerprint density at radius 2 is 1.83 bits per heavy atom. The molecule has 2 aromatic carbocycles. The minimum absolute atomic E-state index is 0.145. The van der Waals surface area contributed by atoms with Crippen molar-refractivity contribution in [1.29, 1.82) is 0 Å². The normalized spacial score (nSPS) is 18.5. The summed E-state index contributed by atoms with van der Waals surface area (Å²) in [7, 11) is 0. The molecule has 0 saturated carbocycles. The lowest BCUT2D eigenvalue weighted by atomic mass is 9.90. The minimum atomic E-state index is -0.145. The second-order valence-corrected chi connectivity index (χ2v) is 8.61. The summed E-state index contributed by atoms with van der Waals surface area (Å²) in [6, 6.07) is 18.4. The average molecular weight is 419 g/mol. The van der Waals surface area contributed by atoms with E-state index in [-0.39, 0.29) is 5.91 Å². The molecule has 1 amide bonds. The molecule has 5 heteroatoms. The standard InChI is InChI=1S/C25H26N2O2S/c1-2-16-29-22-10-8-20(9-11-22)18-23-24(28)26-25(30-23)27-14-12-21(13-15-27)17-19-6-4-3-5-7-19/h2-11,18,21H,1,12-17H2/b23-18-. The van der Waals surface area contributed by atoms with Crippen LogP contribution in [-0.2, 0) is 11.2 Å². The van der Waals surface area contributed by atoms with Crippen LogP contribution in [0.3, 0.4) is 0 Å². The summed E-state index contributed by atoms with van der Waals surface area (Å²) < 4.78 is 5.50. The molecular weight excluding hydrogens is 392 g/mol. The van der Waals surface area contributed by atoms with Crippen molar-refractivity contribution >= 4 is 28.9 Å². The highest BCUT2D eigenvalue weighted by atomic mass is 32.2. The van der Waals surface area contributed by atoms with Crippen LogP contribution in [-0.4, -0.2) is 35.7 Å². The molecule has 0 bridgehead atoms. The molecule has 1 saturated heterocycles. The summed E-state index contributed by atoms with van der Waals surface area (Å²) in [6.07, 6.45) is 7.02. The zero-order valence-electron chi connectivity index (χ0n) is 17.0. The van der Waals surface area contributed by atoms with E-state index in [4.69, 9.17) is 4.74 Å². The largest absolute Gasteiger partial charge is 0.490 e. The summed E-state index contributed by atoms with van der Waals surface area (Å²) in [6.45, 7) is 6.04. The average Bonchev–Trinajstić information content (AvgIpc) is 3.14. The quantitative estimate of drug-likeness (QED) is 0.479. The van der Waals surface area contributed by atoms with Gasteiger partial charge >= 0.3 is 0 Å². The number of aliphatic imine (C=N–C) groups is 1. The number of rotatable bonds is 6. The lowest BCUT2D eigenvalue weighted by molar-refractivity contribution is -0.113. The summed E-state index contributed by atoms with van der Waals surface area (Å²) in [5.41, 5.74) is 2.37. The Hall–Kier alpha value is -2.79. The molecule has 2 aromatic rings. The van der Waals surface area contributed by atoms with Crippen molar-refractivity contribution in [2.75, 3.05) is 19.7 Å². The third-order valence-corrected chi connectivity index (χ3v) is 6.45. The third kappa shape index (κ3) is 5.22. The van der Waals surface area contributed by atoms with E-state index in [0.717, 1.165) is 48.8 Å². The highest BCUT2D eigenvalue weighted by molar-refractivity contribution is 8.18. The molecule has 4 rings (SSSR count). The van der Waals surface area contributed by atoms with Gasteiger partial charge in [0.05, 0.1) is 4.91 Å². The Labute approximate surface area is 182 Å². The highest BCUT2D eigenvalue weighted by Gasteiger charge is 2.29. The maximum Gasteiger partial charge on any atom is 0.286 e. The number of carbonyl (C=O) groups is 1. The zero-order valence-corrected chi connectivity index (χ0v) is 17.8. The molecule has 154 valence electrons. The van der Waals surface area contributed by atoms with Crippen LogP contribution in [0.15, 0.2) is 77.1 Å². The van der Waals surface area contributed by atoms with Gasteiger partial charge in [0.2, 0.25) is 0 Å². The lowest BCUT2D eigenvalue weighted by Crippen LogP contribution is -2.37. The second kappa shape index (κ2) is 9.81. The first-order valence-electron chi connectivity index (χ1n) is 10.4. The molecule has 2 aliphatic rings. The number of ether oxygens (including phenoxy) is 1. The molecule has 4 nitrogen and oxygen atoms in total. The van der Waals surface area contributed by atoms with Crippen molar-refractivity contribution in [1.82, 2.24) is 4.90 Å².